The number of likely N-dealkylation sites (tertiary alicyclic amines) is 1. The highest BCUT2D eigenvalue weighted by atomic mass is 32.2. The molecule has 3 aliphatic rings. The molecule has 0 aliphatic carbocycles. The first-order valence-electron chi connectivity index (χ1n) is 13.1. The van der Waals surface area contributed by atoms with Gasteiger partial charge in [0.2, 0.25) is 11.8 Å². The van der Waals surface area contributed by atoms with E-state index < -0.39 is 27.4 Å². The van der Waals surface area contributed by atoms with E-state index in [1.165, 1.54) is 0 Å². The lowest BCUT2D eigenvalue weighted by atomic mass is 9.66. The molecule has 1 N–H and O–H groups in total. The number of carbonyl (C=O) groups is 3. The molecule has 8 heteroatoms. The quantitative estimate of drug-likeness (QED) is 0.208. The van der Waals surface area contributed by atoms with Gasteiger partial charge in [-0.2, -0.15) is 0 Å². The monoisotopic (exact) mass is 506 g/mol. The van der Waals surface area contributed by atoms with Gasteiger partial charge < -0.3 is 19.6 Å². The number of thioether (sulfide) groups is 1. The van der Waals surface area contributed by atoms with Crippen LogP contribution in [0.2, 0.25) is 0 Å². The second kappa shape index (κ2) is 12.0. The molecule has 7 nitrogen and oxygen atoms in total. The number of nitrogens with zero attached hydrogens (tertiary/aromatic N) is 2. The molecular weight excluding hydrogens is 464 g/mol. The molecule has 3 rings (SSSR count). The average molecular weight is 507 g/mol. The van der Waals surface area contributed by atoms with Gasteiger partial charge in [0.25, 0.3) is 0 Å². The van der Waals surface area contributed by atoms with Crippen LogP contribution < -0.4 is 0 Å². The second-order valence-electron chi connectivity index (χ2n) is 10.2. The van der Waals surface area contributed by atoms with E-state index in [4.69, 9.17) is 4.74 Å². The van der Waals surface area contributed by atoms with Crippen molar-refractivity contribution in [1.29, 1.82) is 0 Å². The molecule has 2 amide bonds. The molecule has 2 unspecified atom stereocenters. The molecule has 35 heavy (non-hydrogen) atoms. The van der Waals surface area contributed by atoms with E-state index in [0.717, 1.165) is 44.9 Å². The maximum atomic E-state index is 14.0. The molecule has 3 heterocycles. The number of allylic oxidation sites excluding steroid dienone is 1. The number of aliphatic hydroxyl groups is 1. The summed E-state index contributed by atoms with van der Waals surface area (Å²) >= 11 is 1.64. The summed E-state index contributed by atoms with van der Waals surface area (Å²) in [6.07, 6.45) is 10.5. The number of hydrogen-bond donors (Lipinski definition) is 1. The molecule has 0 aromatic carbocycles. The van der Waals surface area contributed by atoms with Crippen LogP contribution in [0.15, 0.2) is 25.3 Å². The lowest BCUT2D eigenvalue weighted by Gasteiger charge is -2.37. The van der Waals surface area contributed by atoms with Gasteiger partial charge in [-0.1, -0.05) is 31.9 Å². The van der Waals surface area contributed by atoms with E-state index in [1.54, 1.807) is 27.6 Å². The third-order valence-corrected chi connectivity index (χ3v) is 9.83. The van der Waals surface area contributed by atoms with Crippen LogP contribution >= 0.6 is 11.8 Å². The minimum atomic E-state index is -0.689. The largest absolute Gasteiger partial charge is 0.465 e. The van der Waals surface area contributed by atoms with Crippen molar-refractivity contribution in [2.45, 2.75) is 80.7 Å². The number of ether oxygens (including phenoxy) is 1. The van der Waals surface area contributed by atoms with Crippen molar-refractivity contribution >= 4 is 29.5 Å². The van der Waals surface area contributed by atoms with Crippen molar-refractivity contribution in [2.24, 2.45) is 11.8 Å². The van der Waals surface area contributed by atoms with Gasteiger partial charge >= 0.3 is 5.97 Å². The molecule has 3 fully saturated rings. The molecule has 5 atom stereocenters. The van der Waals surface area contributed by atoms with Gasteiger partial charge in [-0.15, -0.1) is 24.9 Å². The van der Waals surface area contributed by atoms with Gasteiger partial charge in [-0.25, -0.2) is 0 Å². The number of amides is 2. The number of hydrogen-bond acceptors (Lipinski definition) is 6. The van der Waals surface area contributed by atoms with Gasteiger partial charge in [-0.05, 0) is 45.4 Å². The zero-order valence-corrected chi connectivity index (χ0v) is 22.2. The Kier molecular flexibility index (Phi) is 9.49. The van der Waals surface area contributed by atoms with E-state index in [-0.39, 0.29) is 30.9 Å². The first-order chi connectivity index (χ1) is 16.8. The average Bonchev–Trinajstić information content (AvgIpc) is 3.39. The highest BCUT2D eigenvalue weighted by Gasteiger charge is 2.77. The normalized spacial score (nSPS) is 30.9. The minimum Gasteiger partial charge on any atom is -0.465 e. The Morgan fingerprint density at radius 1 is 1.23 bits per heavy atom. The summed E-state index contributed by atoms with van der Waals surface area (Å²) in [5.41, 5.74) is 0. The van der Waals surface area contributed by atoms with Crippen LogP contribution in [0, 0.1) is 11.8 Å². The van der Waals surface area contributed by atoms with Gasteiger partial charge in [-0.3, -0.25) is 14.4 Å². The third-order valence-electron chi connectivity index (χ3n) is 7.85. The van der Waals surface area contributed by atoms with E-state index in [0.29, 0.717) is 26.1 Å². The summed E-state index contributed by atoms with van der Waals surface area (Å²) < 4.78 is 4.56. The van der Waals surface area contributed by atoms with Crippen LogP contribution in [0.25, 0.3) is 0 Å². The van der Waals surface area contributed by atoms with Crippen molar-refractivity contribution in [1.82, 2.24) is 9.80 Å². The highest BCUT2D eigenvalue weighted by molar-refractivity contribution is 8.02. The molecular formula is C27H42N2O5S. The van der Waals surface area contributed by atoms with Gasteiger partial charge in [0.15, 0.2) is 0 Å². The number of unbranched alkanes of at least 4 members (excludes halogenated alkanes) is 4. The fourth-order valence-electron chi connectivity index (χ4n) is 6.24. The Labute approximate surface area is 214 Å². The SMILES string of the molecule is C=CCCCCOC(=O)[C@H]1[C@H]2C(=O)N(CCO)C(C(=O)N(CC=C)CCCCC)C23CC[C@]1(C)S3. The molecule has 0 radical (unpaired) electrons. The summed E-state index contributed by atoms with van der Waals surface area (Å²) in [5, 5.41) is 9.76. The molecule has 2 bridgehead atoms. The van der Waals surface area contributed by atoms with Gasteiger partial charge in [0.1, 0.15) is 6.04 Å². The van der Waals surface area contributed by atoms with Gasteiger partial charge in [0, 0.05) is 24.4 Å². The van der Waals surface area contributed by atoms with Crippen LogP contribution in [0.1, 0.15) is 65.2 Å². The fourth-order valence-corrected chi connectivity index (χ4v) is 8.58. The topological polar surface area (TPSA) is 87.1 Å². The molecule has 0 aromatic rings. The number of fused-ring (bicyclic) bond motifs is 1. The summed E-state index contributed by atoms with van der Waals surface area (Å²) in [5.74, 6) is -1.82. The van der Waals surface area contributed by atoms with Crippen molar-refractivity contribution < 1.29 is 24.2 Å². The zero-order valence-electron chi connectivity index (χ0n) is 21.4. The Bertz CT molecular complexity index is 819. The van der Waals surface area contributed by atoms with E-state index in [9.17, 15) is 19.5 Å². The standard InChI is InChI=1S/C27H42N2O5S/c1-5-8-10-12-19-34-25(33)21-20-23(31)29(17-18-30)22(27(20)14-13-26(21,4)35-27)24(32)28(15-7-3)16-11-9-6-2/h5,7,20-22,30H,1,3,6,8-19H2,2,4H3/t20-,21+,22?,26-,27?/m0/s1. The Morgan fingerprint density at radius 3 is 2.66 bits per heavy atom. The Balaban J connectivity index is 1.88. The molecule has 0 aromatic heterocycles. The summed E-state index contributed by atoms with van der Waals surface area (Å²) in [7, 11) is 0. The van der Waals surface area contributed by atoms with E-state index in [1.807, 2.05) is 13.0 Å². The summed E-state index contributed by atoms with van der Waals surface area (Å²) in [4.78, 5) is 44.5. The van der Waals surface area contributed by atoms with Crippen LogP contribution in [0.5, 0.6) is 0 Å². The summed E-state index contributed by atoms with van der Waals surface area (Å²) in [6, 6.07) is -0.689. The van der Waals surface area contributed by atoms with Crippen molar-refractivity contribution in [3.05, 3.63) is 25.3 Å². The van der Waals surface area contributed by atoms with E-state index in [2.05, 4.69) is 20.1 Å². The lowest BCUT2D eigenvalue weighted by Crippen LogP contribution is -2.55. The van der Waals surface area contributed by atoms with Crippen molar-refractivity contribution in [3.8, 4) is 0 Å². The maximum Gasteiger partial charge on any atom is 0.311 e. The second-order valence-corrected chi connectivity index (χ2v) is 12.1. The van der Waals surface area contributed by atoms with Crippen LogP contribution in [0.3, 0.4) is 0 Å². The molecule has 1 spiro atoms. The van der Waals surface area contributed by atoms with Crippen LogP contribution in [-0.4, -0.2) is 81.1 Å². The van der Waals surface area contributed by atoms with Crippen molar-refractivity contribution in [3.63, 3.8) is 0 Å². The fraction of sp³-hybridized carbons (Fsp3) is 0.741. The molecule has 0 saturated carbocycles. The predicted molar refractivity (Wildman–Crippen MR) is 139 cm³/mol. The Morgan fingerprint density at radius 2 is 2.00 bits per heavy atom. The smallest absolute Gasteiger partial charge is 0.311 e. The number of aliphatic hydroxyl groups excluding tert-OH is 1. The molecule has 3 saturated heterocycles. The Hall–Kier alpha value is -1.80. The van der Waals surface area contributed by atoms with Crippen LogP contribution in [-0.2, 0) is 19.1 Å². The summed E-state index contributed by atoms with van der Waals surface area (Å²) in [6.45, 7) is 12.9. The maximum absolute atomic E-state index is 14.0. The third kappa shape index (κ3) is 5.19. The molecule has 3 aliphatic heterocycles. The predicted octanol–water partition coefficient (Wildman–Crippen LogP) is 3.56. The number of β-amino-alcohol motifs (C(OH)–C–C–N with tert-alkyl or cyclic N) is 1. The van der Waals surface area contributed by atoms with E-state index >= 15 is 0 Å². The number of carbonyl (C=O) groups excluding carboxylic acids is 3. The van der Waals surface area contributed by atoms with Crippen LogP contribution in [0.4, 0.5) is 0 Å². The first kappa shape index (κ1) is 27.8. The number of esters is 1. The van der Waals surface area contributed by atoms with Gasteiger partial charge in [0.05, 0.1) is 29.8 Å². The highest BCUT2D eigenvalue weighted by Crippen LogP contribution is 2.71. The first-order valence-corrected chi connectivity index (χ1v) is 13.9. The lowest BCUT2D eigenvalue weighted by molar-refractivity contribution is -0.155. The number of rotatable bonds is 15. The van der Waals surface area contributed by atoms with Crippen molar-refractivity contribution in [2.75, 3.05) is 32.8 Å². The molecule has 196 valence electrons. The zero-order chi connectivity index (χ0) is 25.6. The minimum absolute atomic E-state index is 0.0883.